The van der Waals surface area contributed by atoms with E-state index in [2.05, 4.69) is 12.1 Å². The predicted molar refractivity (Wildman–Crippen MR) is 107 cm³/mol. The normalized spacial score (nSPS) is 10.7. The molecule has 4 nitrogen and oxygen atoms in total. The van der Waals surface area contributed by atoms with Gasteiger partial charge in [-0.05, 0) is 24.5 Å². The van der Waals surface area contributed by atoms with E-state index in [-0.39, 0.29) is 5.43 Å². The van der Waals surface area contributed by atoms with Gasteiger partial charge in [-0.1, -0.05) is 60.7 Å². The van der Waals surface area contributed by atoms with Gasteiger partial charge >= 0.3 is 0 Å². The maximum Gasteiger partial charge on any atom is 0.223 e. The largest absolute Gasteiger partial charge is 0.483 e. The third kappa shape index (κ3) is 5.56. The summed E-state index contributed by atoms with van der Waals surface area (Å²) < 4.78 is 13.6. The molecule has 0 atom stereocenters. The van der Waals surface area contributed by atoms with E-state index < -0.39 is 0 Å². The first-order chi connectivity index (χ1) is 13.2. The average Bonchev–Trinajstić information content (AvgIpc) is 2.71. The highest BCUT2D eigenvalue weighted by molar-refractivity contribution is 5.28. The fourth-order valence-electron chi connectivity index (χ4n) is 2.90. The van der Waals surface area contributed by atoms with E-state index in [0.717, 1.165) is 24.2 Å². The zero-order valence-electron chi connectivity index (χ0n) is 15.6. The van der Waals surface area contributed by atoms with Gasteiger partial charge in [-0.3, -0.25) is 4.79 Å². The Bertz CT molecular complexity index is 889. The first-order valence-electron chi connectivity index (χ1n) is 9.22. The number of hydrogen-bond acceptors (Lipinski definition) is 3. The summed E-state index contributed by atoms with van der Waals surface area (Å²) in [5, 5.41) is 0. The van der Waals surface area contributed by atoms with Crippen LogP contribution in [0.5, 0.6) is 5.75 Å². The van der Waals surface area contributed by atoms with Crippen molar-refractivity contribution in [3.05, 3.63) is 100.0 Å². The second kappa shape index (κ2) is 9.74. The zero-order chi connectivity index (χ0) is 18.9. The molecule has 3 aromatic rings. The minimum atomic E-state index is -0.0833. The topological polar surface area (TPSA) is 40.5 Å². The lowest BCUT2D eigenvalue weighted by Crippen LogP contribution is -2.15. The minimum absolute atomic E-state index is 0.0833. The first kappa shape index (κ1) is 18.9. The van der Waals surface area contributed by atoms with Crippen LogP contribution in [-0.4, -0.2) is 11.2 Å². The van der Waals surface area contributed by atoms with E-state index in [1.54, 1.807) is 6.07 Å². The van der Waals surface area contributed by atoms with Crippen LogP contribution < -0.4 is 10.2 Å². The number of nitrogens with zero attached hydrogens (tertiary/aromatic N) is 1. The summed E-state index contributed by atoms with van der Waals surface area (Å²) in [7, 11) is 0. The Hall–Kier alpha value is -2.85. The summed E-state index contributed by atoms with van der Waals surface area (Å²) in [6.07, 6.45) is 2.69. The van der Waals surface area contributed by atoms with Crippen molar-refractivity contribution < 1.29 is 9.47 Å². The van der Waals surface area contributed by atoms with Crippen LogP contribution in [0, 0.1) is 6.92 Å². The van der Waals surface area contributed by atoms with Crippen LogP contribution in [0.4, 0.5) is 0 Å². The van der Waals surface area contributed by atoms with E-state index >= 15 is 0 Å². The maximum absolute atomic E-state index is 12.2. The Labute approximate surface area is 160 Å². The van der Waals surface area contributed by atoms with Gasteiger partial charge in [-0.25, -0.2) is 0 Å². The van der Waals surface area contributed by atoms with Crippen molar-refractivity contribution in [3.8, 4) is 5.75 Å². The van der Waals surface area contributed by atoms with Crippen molar-refractivity contribution in [2.75, 3.05) is 6.61 Å². The number of aryl methyl sites for hydroxylation is 1. The lowest BCUT2D eigenvalue weighted by atomic mass is 10.2. The van der Waals surface area contributed by atoms with E-state index in [0.29, 0.717) is 25.6 Å². The van der Waals surface area contributed by atoms with Crippen molar-refractivity contribution in [3.63, 3.8) is 0 Å². The molecule has 3 rings (SSSR count). The molecule has 0 saturated carbocycles. The van der Waals surface area contributed by atoms with Crippen LogP contribution in [0.25, 0.3) is 0 Å². The maximum atomic E-state index is 12.2. The molecule has 0 radical (unpaired) electrons. The third-order valence-electron chi connectivity index (χ3n) is 4.41. The minimum Gasteiger partial charge on any atom is -0.483 e. The number of rotatable bonds is 9. The second-order valence-corrected chi connectivity index (χ2v) is 6.45. The summed E-state index contributed by atoms with van der Waals surface area (Å²) in [6, 6.07) is 21.6. The van der Waals surface area contributed by atoms with Gasteiger partial charge in [0, 0.05) is 25.4 Å². The second-order valence-electron chi connectivity index (χ2n) is 6.45. The molecule has 0 amide bonds. The monoisotopic (exact) mass is 363 g/mol. The van der Waals surface area contributed by atoms with Gasteiger partial charge < -0.3 is 14.0 Å². The molecule has 0 bridgehead atoms. The highest BCUT2D eigenvalue weighted by atomic mass is 16.5. The van der Waals surface area contributed by atoms with E-state index in [4.69, 9.17) is 9.47 Å². The van der Waals surface area contributed by atoms with Crippen LogP contribution in [0.2, 0.25) is 0 Å². The van der Waals surface area contributed by atoms with Crippen molar-refractivity contribution in [2.24, 2.45) is 0 Å². The Morgan fingerprint density at radius 2 is 1.48 bits per heavy atom. The molecule has 0 N–H and O–H groups in total. The van der Waals surface area contributed by atoms with E-state index in [1.165, 1.54) is 5.56 Å². The molecule has 0 aliphatic rings. The van der Waals surface area contributed by atoms with Gasteiger partial charge in [0.2, 0.25) is 5.43 Å². The van der Waals surface area contributed by atoms with Gasteiger partial charge in [0.25, 0.3) is 0 Å². The van der Waals surface area contributed by atoms with Crippen LogP contribution in [0.3, 0.4) is 0 Å². The molecular weight excluding hydrogens is 338 g/mol. The molecule has 0 spiro atoms. The molecule has 140 valence electrons. The highest BCUT2D eigenvalue weighted by Crippen LogP contribution is 2.14. The lowest BCUT2D eigenvalue weighted by Gasteiger charge is -2.15. The number of aromatic nitrogens is 1. The highest BCUT2D eigenvalue weighted by Gasteiger charge is 2.09. The summed E-state index contributed by atoms with van der Waals surface area (Å²) in [5.41, 5.74) is 2.98. The molecule has 27 heavy (non-hydrogen) atoms. The zero-order valence-corrected chi connectivity index (χ0v) is 15.6. The van der Waals surface area contributed by atoms with Crippen molar-refractivity contribution in [1.29, 1.82) is 0 Å². The fraction of sp³-hybridized carbons (Fsp3) is 0.261. The molecule has 0 unspecified atom stereocenters. The molecule has 0 fully saturated rings. The predicted octanol–water partition coefficient (Wildman–Crippen LogP) is 4.34. The van der Waals surface area contributed by atoms with E-state index in [9.17, 15) is 4.79 Å². The van der Waals surface area contributed by atoms with Gasteiger partial charge in [0.1, 0.15) is 6.61 Å². The Kier molecular flexibility index (Phi) is 6.83. The summed E-state index contributed by atoms with van der Waals surface area (Å²) in [4.78, 5) is 12.2. The number of hydrogen-bond donors (Lipinski definition) is 0. The van der Waals surface area contributed by atoms with Crippen LogP contribution in [-0.2, 0) is 24.5 Å². The van der Waals surface area contributed by atoms with Gasteiger partial charge in [0.05, 0.1) is 12.3 Å². The molecule has 1 aromatic heterocycles. The van der Waals surface area contributed by atoms with Crippen molar-refractivity contribution in [1.82, 2.24) is 4.57 Å². The Morgan fingerprint density at radius 1 is 0.852 bits per heavy atom. The van der Waals surface area contributed by atoms with Gasteiger partial charge in [-0.2, -0.15) is 0 Å². The number of benzene rings is 2. The first-order valence-corrected chi connectivity index (χ1v) is 9.22. The molecule has 0 aliphatic heterocycles. The molecule has 2 aromatic carbocycles. The molecular formula is C23H25NO3. The molecule has 4 heteroatoms. The quantitative estimate of drug-likeness (QED) is 0.531. The summed E-state index contributed by atoms with van der Waals surface area (Å²) in [6.45, 7) is 4.38. The smallest absolute Gasteiger partial charge is 0.223 e. The van der Waals surface area contributed by atoms with Crippen LogP contribution in [0.1, 0.15) is 23.2 Å². The van der Waals surface area contributed by atoms with Crippen LogP contribution >= 0.6 is 0 Å². The number of ether oxygens (including phenoxy) is 2. The van der Waals surface area contributed by atoms with Crippen molar-refractivity contribution >= 4 is 0 Å². The Balaban J connectivity index is 1.52. The standard InChI is InChI=1S/C23H25NO3/c1-19-23(27-18-21-11-6-3-7-12-21)22(25)13-15-24(19)14-8-16-26-17-20-9-4-2-5-10-20/h2-7,9-13,15H,8,14,16-18H2,1H3. The molecule has 0 saturated heterocycles. The third-order valence-corrected chi connectivity index (χ3v) is 4.41. The SMILES string of the molecule is Cc1c(OCc2ccccc2)c(=O)ccn1CCCOCc1ccccc1. The fourth-order valence-corrected chi connectivity index (χ4v) is 2.90. The Morgan fingerprint density at radius 3 is 2.15 bits per heavy atom. The lowest BCUT2D eigenvalue weighted by molar-refractivity contribution is 0.115. The summed E-state index contributed by atoms with van der Waals surface area (Å²) in [5.74, 6) is 0.423. The average molecular weight is 363 g/mol. The van der Waals surface area contributed by atoms with Crippen LogP contribution in [0.15, 0.2) is 77.7 Å². The van der Waals surface area contributed by atoms with Gasteiger partial charge in [-0.15, -0.1) is 0 Å². The number of pyridine rings is 1. The van der Waals surface area contributed by atoms with Crippen molar-refractivity contribution in [2.45, 2.75) is 33.1 Å². The molecule has 1 heterocycles. The van der Waals surface area contributed by atoms with Gasteiger partial charge in [0.15, 0.2) is 5.75 Å². The van der Waals surface area contributed by atoms with E-state index in [1.807, 2.05) is 66.2 Å². The summed E-state index contributed by atoms with van der Waals surface area (Å²) >= 11 is 0. The molecule has 0 aliphatic carbocycles.